The van der Waals surface area contributed by atoms with E-state index in [1.54, 1.807) is 11.4 Å². The maximum absolute atomic E-state index is 12.2. The van der Waals surface area contributed by atoms with Crippen LogP contribution in [-0.2, 0) is 4.79 Å². The Bertz CT molecular complexity index is 477. The second-order valence-electron chi connectivity index (χ2n) is 4.72. The molecule has 1 amide bonds. The van der Waals surface area contributed by atoms with Gasteiger partial charge in [-0.25, -0.2) is 4.79 Å². The molecule has 0 aliphatic heterocycles. The van der Waals surface area contributed by atoms with Gasteiger partial charge < -0.3 is 15.2 Å². The van der Waals surface area contributed by atoms with Crippen LogP contribution in [0.15, 0.2) is 11.4 Å². The van der Waals surface area contributed by atoms with Crippen molar-refractivity contribution in [3.63, 3.8) is 0 Å². The lowest BCUT2D eigenvalue weighted by Gasteiger charge is -2.33. The van der Waals surface area contributed by atoms with Gasteiger partial charge in [0.25, 0.3) is 5.91 Å². The van der Waals surface area contributed by atoms with Crippen LogP contribution in [0.1, 0.15) is 41.8 Å². The molecule has 0 radical (unpaired) electrons. The molecule has 104 valence electrons. The number of hydrogen-bond donors (Lipinski definition) is 2. The Hall–Kier alpha value is -1.56. The summed E-state index contributed by atoms with van der Waals surface area (Å²) in [6, 6.07) is 1.70. The Morgan fingerprint density at radius 3 is 2.63 bits per heavy atom. The molecule has 1 fully saturated rings. The van der Waals surface area contributed by atoms with Crippen LogP contribution in [0.25, 0.3) is 0 Å². The number of carbonyl (C=O) groups excluding carboxylic acids is 1. The third kappa shape index (κ3) is 2.73. The minimum atomic E-state index is -1.12. The second-order valence-corrected chi connectivity index (χ2v) is 5.64. The van der Waals surface area contributed by atoms with Crippen LogP contribution in [-0.4, -0.2) is 29.6 Å². The number of aliphatic carboxylic acids is 1. The Kier molecular flexibility index (Phi) is 4.09. The van der Waals surface area contributed by atoms with Crippen molar-refractivity contribution in [3.8, 4) is 5.75 Å². The molecule has 0 atom stereocenters. The Balaban J connectivity index is 2.18. The molecular weight excluding hydrogens is 266 g/mol. The number of carboxylic acids is 1. The van der Waals surface area contributed by atoms with Gasteiger partial charge in [0.2, 0.25) is 0 Å². The Labute approximate surface area is 115 Å². The molecule has 2 N–H and O–H groups in total. The molecule has 0 spiro atoms. The van der Waals surface area contributed by atoms with Crippen LogP contribution >= 0.6 is 11.3 Å². The summed E-state index contributed by atoms with van der Waals surface area (Å²) in [4.78, 5) is 24.1. The number of methoxy groups -OCH3 is 1. The van der Waals surface area contributed by atoms with E-state index in [2.05, 4.69) is 5.32 Å². The van der Waals surface area contributed by atoms with Crippen molar-refractivity contribution in [2.45, 2.75) is 37.6 Å². The highest BCUT2D eigenvalue weighted by molar-refractivity contribution is 7.12. The van der Waals surface area contributed by atoms with Crippen molar-refractivity contribution in [2.24, 2.45) is 0 Å². The first-order chi connectivity index (χ1) is 9.09. The van der Waals surface area contributed by atoms with Crippen LogP contribution in [0.3, 0.4) is 0 Å². The summed E-state index contributed by atoms with van der Waals surface area (Å²) in [6.45, 7) is 0. The molecule has 0 aromatic carbocycles. The number of nitrogens with one attached hydrogen (secondary N) is 1. The van der Waals surface area contributed by atoms with E-state index in [1.165, 1.54) is 18.4 Å². The molecule has 0 saturated heterocycles. The van der Waals surface area contributed by atoms with E-state index in [1.807, 2.05) is 0 Å². The standard InChI is InChI=1S/C13H17NO4S/c1-18-9-5-8-19-10(9)11(15)14-13(12(16)17)6-3-2-4-7-13/h5,8H,2-4,6-7H2,1H3,(H,14,15)(H,16,17). The maximum Gasteiger partial charge on any atom is 0.329 e. The average Bonchev–Trinajstić information content (AvgIpc) is 2.88. The van der Waals surface area contributed by atoms with Gasteiger partial charge in [-0.15, -0.1) is 11.3 Å². The van der Waals surface area contributed by atoms with Crippen LogP contribution in [0, 0.1) is 0 Å². The van der Waals surface area contributed by atoms with Gasteiger partial charge in [0.15, 0.2) is 0 Å². The molecule has 0 unspecified atom stereocenters. The summed E-state index contributed by atoms with van der Waals surface area (Å²) in [7, 11) is 1.49. The van der Waals surface area contributed by atoms with E-state index >= 15 is 0 Å². The largest absolute Gasteiger partial charge is 0.495 e. The van der Waals surface area contributed by atoms with Gasteiger partial charge in [-0.2, -0.15) is 0 Å². The molecule has 1 aliphatic rings. The number of rotatable bonds is 4. The topological polar surface area (TPSA) is 75.6 Å². The minimum absolute atomic E-state index is 0.365. The van der Waals surface area contributed by atoms with Gasteiger partial charge in [-0.3, -0.25) is 4.79 Å². The normalized spacial score (nSPS) is 17.7. The lowest BCUT2D eigenvalue weighted by atomic mass is 9.81. The molecule has 2 rings (SSSR count). The van der Waals surface area contributed by atoms with Gasteiger partial charge in [0.05, 0.1) is 7.11 Å². The average molecular weight is 283 g/mol. The summed E-state index contributed by atoms with van der Waals surface area (Å²) in [5, 5.41) is 13.9. The van der Waals surface area contributed by atoms with Crippen molar-refractivity contribution in [1.29, 1.82) is 0 Å². The summed E-state index contributed by atoms with van der Waals surface area (Å²) in [5.74, 6) is -0.828. The molecule has 19 heavy (non-hydrogen) atoms. The number of amides is 1. The zero-order valence-corrected chi connectivity index (χ0v) is 11.6. The number of thiophene rings is 1. The highest BCUT2D eigenvalue weighted by atomic mass is 32.1. The van der Waals surface area contributed by atoms with Crippen LogP contribution < -0.4 is 10.1 Å². The van der Waals surface area contributed by atoms with E-state index < -0.39 is 11.5 Å². The summed E-state index contributed by atoms with van der Waals surface area (Å²) in [6.07, 6.45) is 3.65. The SMILES string of the molecule is COc1ccsc1C(=O)NC1(C(=O)O)CCCCC1. The number of carboxylic acid groups (broad SMARTS) is 1. The Morgan fingerprint density at radius 1 is 1.37 bits per heavy atom. The van der Waals surface area contributed by atoms with Gasteiger partial charge in [-0.05, 0) is 24.3 Å². The fourth-order valence-electron chi connectivity index (χ4n) is 2.45. The van der Waals surface area contributed by atoms with Gasteiger partial charge in [0, 0.05) is 0 Å². The zero-order valence-electron chi connectivity index (χ0n) is 10.8. The molecule has 1 heterocycles. The third-order valence-corrected chi connectivity index (χ3v) is 4.42. The minimum Gasteiger partial charge on any atom is -0.495 e. The second kappa shape index (κ2) is 5.61. The van der Waals surface area contributed by atoms with E-state index in [0.717, 1.165) is 19.3 Å². The van der Waals surface area contributed by atoms with Crippen LogP contribution in [0.5, 0.6) is 5.75 Å². The van der Waals surface area contributed by atoms with Crippen molar-refractivity contribution in [2.75, 3.05) is 7.11 Å². The molecule has 1 saturated carbocycles. The molecule has 1 aromatic heterocycles. The predicted molar refractivity (Wildman–Crippen MR) is 71.8 cm³/mol. The number of ether oxygens (including phenoxy) is 1. The number of hydrogen-bond acceptors (Lipinski definition) is 4. The van der Waals surface area contributed by atoms with Gasteiger partial charge in [-0.1, -0.05) is 19.3 Å². The molecule has 1 aromatic rings. The molecular formula is C13H17NO4S. The van der Waals surface area contributed by atoms with E-state index in [0.29, 0.717) is 23.5 Å². The monoisotopic (exact) mass is 283 g/mol. The smallest absolute Gasteiger partial charge is 0.329 e. The van der Waals surface area contributed by atoms with Crippen LogP contribution in [0.2, 0.25) is 0 Å². The first kappa shape index (κ1) is 13.9. The number of carbonyl (C=O) groups is 2. The highest BCUT2D eigenvalue weighted by Crippen LogP contribution is 2.31. The van der Waals surface area contributed by atoms with Gasteiger partial charge >= 0.3 is 5.97 Å². The van der Waals surface area contributed by atoms with Crippen molar-refractivity contribution < 1.29 is 19.4 Å². The lowest BCUT2D eigenvalue weighted by molar-refractivity contribution is -0.145. The molecule has 5 nitrogen and oxygen atoms in total. The fourth-order valence-corrected chi connectivity index (χ4v) is 3.20. The first-order valence-electron chi connectivity index (χ1n) is 6.26. The van der Waals surface area contributed by atoms with Crippen molar-refractivity contribution >= 4 is 23.2 Å². The maximum atomic E-state index is 12.2. The highest BCUT2D eigenvalue weighted by Gasteiger charge is 2.41. The molecule has 6 heteroatoms. The summed E-state index contributed by atoms with van der Waals surface area (Å²) < 4.78 is 5.09. The summed E-state index contributed by atoms with van der Waals surface area (Å²) in [5.41, 5.74) is -1.12. The van der Waals surface area contributed by atoms with E-state index in [9.17, 15) is 14.7 Å². The van der Waals surface area contributed by atoms with E-state index in [-0.39, 0.29) is 5.91 Å². The molecule has 0 bridgehead atoms. The quantitative estimate of drug-likeness (QED) is 0.889. The van der Waals surface area contributed by atoms with Crippen molar-refractivity contribution in [3.05, 3.63) is 16.3 Å². The lowest BCUT2D eigenvalue weighted by Crippen LogP contribution is -2.55. The fraction of sp³-hybridized carbons (Fsp3) is 0.538. The van der Waals surface area contributed by atoms with Crippen molar-refractivity contribution in [1.82, 2.24) is 5.32 Å². The first-order valence-corrected chi connectivity index (χ1v) is 7.14. The van der Waals surface area contributed by atoms with Gasteiger partial charge in [0.1, 0.15) is 16.2 Å². The molecule has 1 aliphatic carbocycles. The third-order valence-electron chi connectivity index (χ3n) is 3.52. The van der Waals surface area contributed by atoms with Crippen LogP contribution in [0.4, 0.5) is 0 Å². The zero-order chi connectivity index (χ0) is 13.9. The Morgan fingerprint density at radius 2 is 2.05 bits per heavy atom. The predicted octanol–water partition coefficient (Wildman–Crippen LogP) is 2.27. The van der Waals surface area contributed by atoms with E-state index in [4.69, 9.17) is 4.74 Å². The summed E-state index contributed by atoms with van der Waals surface area (Å²) >= 11 is 1.25.